The monoisotopic (exact) mass is 475 g/mol. The average molecular weight is 476 g/mol. The van der Waals surface area contributed by atoms with Crippen molar-refractivity contribution in [3.8, 4) is 5.75 Å². The van der Waals surface area contributed by atoms with E-state index in [1.54, 1.807) is 19.2 Å². The highest BCUT2D eigenvalue weighted by atomic mass is 32.2. The maximum atomic E-state index is 13.8. The molecule has 3 aromatic rings. The second-order valence-corrected chi connectivity index (χ2v) is 11.6. The van der Waals surface area contributed by atoms with Crippen LogP contribution in [0.25, 0.3) is 0 Å². The van der Waals surface area contributed by atoms with Crippen molar-refractivity contribution in [1.82, 2.24) is 4.31 Å². The van der Waals surface area contributed by atoms with Crippen LogP contribution in [0, 0.1) is 12.8 Å². The van der Waals surface area contributed by atoms with Gasteiger partial charge in [-0.25, -0.2) is 8.42 Å². The lowest BCUT2D eigenvalue weighted by molar-refractivity contribution is 0.127. The number of fused-ring (bicyclic) bond motifs is 3. The van der Waals surface area contributed by atoms with Gasteiger partial charge in [0.1, 0.15) is 5.75 Å². The third kappa shape index (κ3) is 4.39. The zero-order valence-electron chi connectivity index (χ0n) is 20.0. The second kappa shape index (κ2) is 9.55. The van der Waals surface area contributed by atoms with E-state index >= 15 is 0 Å². The predicted molar refractivity (Wildman–Crippen MR) is 136 cm³/mol. The summed E-state index contributed by atoms with van der Waals surface area (Å²) in [5.74, 6) is 1.61. The van der Waals surface area contributed by atoms with Gasteiger partial charge in [0, 0.05) is 12.6 Å². The molecule has 1 saturated heterocycles. The summed E-state index contributed by atoms with van der Waals surface area (Å²) < 4.78 is 35.0. The summed E-state index contributed by atoms with van der Waals surface area (Å²) in [4.78, 5) is 0.405. The molecule has 1 aliphatic heterocycles. The first-order valence-electron chi connectivity index (χ1n) is 12.3. The van der Waals surface area contributed by atoms with Crippen LogP contribution in [0.1, 0.15) is 47.4 Å². The van der Waals surface area contributed by atoms with E-state index in [4.69, 9.17) is 4.74 Å². The molecular weight excluding hydrogens is 442 g/mol. The highest BCUT2D eigenvalue weighted by Crippen LogP contribution is 2.47. The first kappa shape index (κ1) is 23.1. The number of aryl methyl sites for hydroxylation is 3. The Labute approximate surface area is 203 Å². The molecule has 0 N–H and O–H groups in total. The van der Waals surface area contributed by atoms with Crippen LogP contribution in [0.15, 0.2) is 77.7 Å². The van der Waals surface area contributed by atoms with E-state index in [1.807, 2.05) is 29.4 Å². The first-order chi connectivity index (χ1) is 16.5. The van der Waals surface area contributed by atoms with Crippen molar-refractivity contribution >= 4 is 10.0 Å². The molecule has 1 aliphatic carbocycles. The molecule has 2 aliphatic rings. The highest BCUT2D eigenvalue weighted by Gasteiger charge is 2.45. The van der Waals surface area contributed by atoms with Crippen LogP contribution in [0.3, 0.4) is 0 Å². The van der Waals surface area contributed by atoms with Gasteiger partial charge < -0.3 is 4.74 Å². The van der Waals surface area contributed by atoms with Gasteiger partial charge in [0.25, 0.3) is 0 Å². The van der Waals surface area contributed by atoms with Gasteiger partial charge in [0.15, 0.2) is 0 Å². The summed E-state index contributed by atoms with van der Waals surface area (Å²) in [6.07, 6.45) is 4.54. The van der Waals surface area contributed by atoms with Gasteiger partial charge in [0.05, 0.1) is 12.0 Å². The van der Waals surface area contributed by atoms with Crippen LogP contribution in [0.5, 0.6) is 5.75 Å². The number of ether oxygens (including phenoxy) is 1. The van der Waals surface area contributed by atoms with E-state index < -0.39 is 10.0 Å². The van der Waals surface area contributed by atoms with Crippen molar-refractivity contribution in [3.63, 3.8) is 0 Å². The van der Waals surface area contributed by atoms with Crippen LogP contribution < -0.4 is 4.74 Å². The molecule has 4 nitrogen and oxygen atoms in total. The Hall–Kier alpha value is -2.63. The fraction of sp³-hybridized carbons (Fsp3) is 0.379. The Kier molecular flexibility index (Phi) is 6.50. The number of benzene rings is 3. The Morgan fingerprint density at radius 3 is 2.47 bits per heavy atom. The molecule has 1 heterocycles. The maximum absolute atomic E-state index is 13.8. The van der Waals surface area contributed by atoms with Crippen LogP contribution in [0.4, 0.5) is 0 Å². The Balaban J connectivity index is 1.49. The number of piperidine rings is 1. The van der Waals surface area contributed by atoms with Crippen molar-refractivity contribution in [3.05, 3.63) is 95.1 Å². The minimum Gasteiger partial charge on any atom is -0.497 e. The molecule has 0 aromatic heterocycles. The summed E-state index contributed by atoms with van der Waals surface area (Å²) in [6.45, 7) is 2.54. The van der Waals surface area contributed by atoms with E-state index in [9.17, 15) is 8.42 Å². The molecule has 0 radical (unpaired) electrons. The zero-order valence-corrected chi connectivity index (χ0v) is 20.8. The van der Waals surface area contributed by atoms with Gasteiger partial charge in [-0.05, 0) is 91.8 Å². The molecule has 0 bridgehead atoms. The van der Waals surface area contributed by atoms with E-state index in [1.165, 1.54) is 16.7 Å². The molecule has 0 spiro atoms. The summed E-state index contributed by atoms with van der Waals surface area (Å²) >= 11 is 0. The Morgan fingerprint density at radius 1 is 0.971 bits per heavy atom. The number of nitrogens with zero attached hydrogens (tertiary/aromatic N) is 1. The molecular formula is C29H33NO3S. The lowest BCUT2D eigenvalue weighted by atomic mass is 9.68. The molecule has 5 rings (SSSR count). The molecule has 1 fully saturated rings. The van der Waals surface area contributed by atoms with E-state index in [-0.39, 0.29) is 6.04 Å². The van der Waals surface area contributed by atoms with Gasteiger partial charge in [-0.15, -0.1) is 0 Å². The molecule has 34 heavy (non-hydrogen) atoms. The van der Waals surface area contributed by atoms with Crippen LogP contribution >= 0.6 is 0 Å². The maximum Gasteiger partial charge on any atom is 0.243 e. The van der Waals surface area contributed by atoms with Crippen molar-refractivity contribution in [2.24, 2.45) is 5.92 Å². The molecule has 178 valence electrons. The van der Waals surface area contributed by atoms with Crippen molar-refractivity contribution in [2.75, 3.05) is 13.7 Å². The number of methoxy groups -OCH3 is 1. The summed E-state index contributed by atoms with van der Waals surface area (Å²) in [5, 5.41) is 0. The molecule has 0 amide bonds. The SMILES string of the molecule is COc1ccc2c(c1)CC[C@@H]1[C@H]2CCN(S(=O)(=O)c2ccc(C)cc2)[C@H]1CCc1ccccc1. The van der Waals surface area contributed by atoms with Crippen molar-refractivity contribution in [2.45, 2.75) is 55.9 Å². The topological polar surface area (TPSA) is 46.6 Å². The fourth-order valence-corrected chi connectivity index (χ4v) is 7.69. The summed E-state index contributed by atoms with van der Waals surface area (Å²) in [5.41, 5.74) is 5.07. The van der Waals surface area contributed by atoms with Gasteiger partial charge in [0.2, 0.25) is 10.0 Å². The van der Waals surface area contributed by atoms with Crippen LogP contribution in [-0.2, 0) is 22.9 Å². The third-order valence-corrected chi connectivity index (χ3v) is 9.68. The van der Waals surface area contributed by atoms with Crippen LogP contribution in [-0.4, -0.2) is 32.4 Å². The minimum atomic E-state index is -3.56. The quantitative estimate of drug-likeness (QED) is 0.456. The lowest BCUT2D eigenvalue weighted by Crippen LogP contribution is -2.52. The minimum absolute atomic E-state index is 0.0134. The lowest BCUT2D eigenvalue weighted by Gasteiger charge is -2.47. The van der Waals surface area contributed by atoms with E-state index in [0.717, 1.165) is 43.4 Å². The highest BCUT2D eigenvalue weighted by molar-refractivity contribution is 7.89. The molecule has 0 saturated carbocycles. The van der Waals surface area contributed by atoms with Crippen LogP contribution in [0.2, 0.25) is 0 Å². The van der Waals surface area contributed by atoms with E-state index in [2.05, 4.69) is 42.5 Å². The smallest absolute Gasteiger partial charge is 0.243 e. The Bertz CT molecular complexity index is 1240. The van der Waals surface area contributed by atoms with Crippen molar-refractivity contribution < 1.29 is 13.2 Å². The number of sulfonamides is 1. The fourth-order valence-electron chi connectivity index (χ4n) is 5.98. The van der Waals surface area contributed by atoms with Gasteiger partial charge in [-0.3, -0.25) is 0 Å². The second-order valence-electron chi connectivity index (χ2n) is 9.68. The molecule has 0 unspecified atom stereocenters. The number of hydrogen-bond donors (Lipinski definition) is 0. The first-order valence-corrected chi connectivity index (χ1v) is 13.7. The molecule has 5 heteroatoms. The largest absolute Gasteiger partial charge is 0.497 e. The normalized spacial score (nSPS) is 22.6. The van der Waals surface area contributed by atoms with Gasteiger partial charge in [-0.2, -0.15) is 4.31 Å². The standard InChI is InChI=1S/C29H33NO3S/c1-21-8-13-25(14-9-21)34(31,32)30-19-18-27-26-16-12-24(33-2)20-23(26)11-15-28(27)29(30)17-10-22-6-4-3-5-7-22/h3-9,12-14,16,20,27-29H,10-11,15,17-19H2,1-2H3/t27-,28+,29-/m0/s1. The predicted octanol–water partition coefficient (Wildman–Crippen LogP) is 5.75. The number of hydrogen-bond acceptors (Lipinski definition) is 3. The van der Waals surface area contributed by atoms with Gasteiger partial charge >= 0.3 is 0 Å². The van der Waals surface area contributed by atoms with E-state index in [0.29, 0.717) is 23.3 Å². The Morgan fingerprint density at radius 2 is 1.74 bits per heavy atom. The average Bonchev–Trinajstić information content (AvgIpc) is 2.87. The summed E-state index contributed by atoms with van der Waals surface area (Å²) in [6, 6.07) is 24.1. The summed E-state index contributed by atoms with van der Waals surface area (Å²) in [7, 11) is -1.85. The molecule has 3 atom stereocenters. The molecule has 3 aromatic carbocycles. The van der Waals surface area contributed by atoms with Crippen molar-refractivity contribution in [1.29, 1.82) is 0 Å². The third-order valence-electron chi connectivity index (χ3n) is 7.74. The van der Waals surface area contributed by atoms with Gasteiger partial charge in [-0.1, -0.05) is 54.1 Å². The number of rotatable bonds is 6. The zero-order chi connectivity index (χ0) is 23.7.